The van der Waals surface area contributed by atoms with Crippen LogP contribution in [0, 0.1) is 11.6 Å². The maximum Gasteiger partial charge on any atom is 0.227 e. The Bertz CT molecular complexity index is 988. The first-order valence-electron chi connectivity index (χ1n) is 8.26. The summed E-state index contributed by atoms with van der Waals surface area (Å²) in [5, 5.41) is 0.585. The molecule has 1 saturated heterocycles. The molecule has 0 aliphatic carbocycles. The Labute approximate surface area is 152 Å². The highest BCUT2D eigenvalue weighted by molar-refractivity contribution is 7.21. The van der Waals surface area contributed by atoms with Gasteiger partial charge in [-0.05, 0) is 42.3 Å². The molecule has 0 saturated carbocycles. The average Bonchev–Trinajstić information content (AvgIpc) is 3.23. The van der Waals surface area contributed by atoms with Crippen molar-refractivity contribution in [3.8, 4) is 10.6 Å². The zero-order valence-electron chi connectivity index (χ0n) is 13.7. The lowest BCUT2D eigenvalue weighted by Crippen LogP contribution is -2.30. The van der Waals surface area contributed by atoms with E-state index in [0.717, 1.165) is 22.4 Å². The Morgan fingerprint density at radius 3 is 2.77 bits per heavy atom. The van der Waals surface area contributed by atoms with Gasteiger partial charge in [-0.15, -0.1) is 11.3 Å². The fraction of sp³-hybridized carbons (Fsp3) is 0.263. The van der Waals surface area contributed by atoms with Crippen molar-refractivity contribution in [3.05, 3.63) is 53.6 Å². The largest absolute Gasteiger partial charge is 0.339 e. The van der Waals surface area contributed by atoms with Crippen molar-refractivity contribution in [1.29, 1.82) is 0 Å². The third kappa shape index (κ3) is 3.31. The fourth-order valence-corrected chi connectivity index (χ4v) is 4.01. The van der Waals surface area contributed by atoms with Gasteiger partial charge in [0.1, 0.15) is 11.2 Å². The van der Waals surface area contributed by atoms with Crippen LogP contribution in [-0.2, 0) is 11.2 Å². The van der Waals surface area contributed by atoms with E-state index < -0.39 is 17.8 Å². The van der Waals surface area contributed by atoms with E-state index in [1.54, 1.807) is 4.90 Å². The lowest BCUT2D eigenvalue weighted by molar-refractivity contribution is -0.129. The molecule has 1 amide bonds. The van der Waals surface area contributed by atoms with Crippen LogP contribution in [0.4, 0.5) is 13.2 Å². The molecule has 1 aliphatic rings. The Kier molecular flexibility index (Phi) is 4.40. The van der Waals surface area contributed by atoms with Crippen molar-refractivity contribution in [1.82, 2.24) is 9.88 Å². The van der Waals surface area contributed by atoms with Gasteiger partial charge in [-0.3, -0.25) is 4.79 Å². The number of thiazole rings is 1. The van der Waals surface area contributed by atoms with E-state index in [1.165, 1.54) is 17.4 Å². The van der Waals surface area contributed by atoms with E-state index in [1.807, 2.05) is 18.2 Å². The van der Waals surface area contributed by atoms with Gasteiger partial charge in [0.25, 0.3) is 0 Å². The highest BCUT2D eigenvalue weighted by Gasteiger charge is 2.25. The maximum atomic E-state index is 13.4. The van der Waals surface area contributed by atoms with Gasteiger partial charge < -0.3 is 4.90 Å². The van der Waals surface area contributed by atoms with Crippen LogP contribution in [0.5, 0.6) is 0 Å². The number of benzene rings is 2. The molecule has 0 N–H and O–H groups in total. The molecule has 0 radical (unpaired) electrons. The van der Waals surface area contributed by atoms with Gasteiger partial charge >= 0.3 is 0 Å². The number of carbonyl (C=O) groups is 1. The predicted octanol–water partition coefficient (Wildman–Crippen LogP) is 4.35. The predicted molar refractivity (Wildman–Crippen MR) is 94.8 cm³/mol. The third-order valence-electron chi connectivity index (χ3n) is 4.46. The first kappa shape index (κ1) is 17.0. The molecule has 0 spiro atoms. The van der Waals surface area contributed by atoms with E-state index >= 15 is 0 Å². The number of amides is 1. The highest BCUT2D eigenvalue weighted by Crippen LogP contribution is 2.31. The molecule has 2 heterocycles. The number of aromatic nitrogens is 1. The summed E-state index contributed by atoms with van der Waals surface area (Å²) < 4.78 is 40.7. The number of alkyl halides is 1. The smallest absolute Gasteiger partial charge is 0.227 e. The molecule has 1 atom stereocenters. The zero-order valence-corrected chi connectivity index (χ0v) is 14.5. The number of rotatable bonds is 3. The minimum atomic E-state index is -0.932. The lowest BCUT2D eigenvalue weighted by Gasteiger charge is -2.14. The SMILES string of the molecule is O=C(Cc1ccc2sc(-c3ccc(F)c(F)c3)nc2c1)N1CC[C@H](F)C1. The molecule has 2 aromatic carbocycles. The van der Waals surface area contributed by atoms with Crippen LogP contribution in [0.3, 0.4) is 0 Å². The molecule has 1 aliphatic heterocycles. The highest BCUT2D eigenvalue weighted by atomic mass is 32.1. The van der Waals surface area contributed by atoms with Crippen LogP contribution in [0.25, 0.3) is 20.8 Å². The summed E-state index contributed by atoms with van der Waals surface area (Å²) in [6, 6.07) is 9.21. The molecule has 26 heavy (non-hydrogen) atoms. The number of halogens is 3. The molecule has 0 bridgehead atoms. The van der Waals surface area contributed by atoms with Gasteiger partial charge in [0, 0.05) is 12.1 Å². The van der Waals surface area contributed by atoms with E-state index in [2.05, 4.69) is 4.98 Å². The lowest BCUT2D eigenvalue weighted by atomic mass is 10.1. The second kappa shape index (κ2) is 6.72. The number of carbonyl (C=O) groups excluding carboxylic acids is 1. The Morgan fingerprint density at radius 2 is 2.04 bits per heavy atom. The molecule has 3 aromatic rings. The molecule has 134 valence electrons. The topological polar surface area (TPSA) is 33.2 Å². The van der Waals surface area contributed by atoms with Gasteiger partial charge in [0.15, 0.2) is 11.6 Å². The van der Waals surface area contributed by atoms with Gasteiger partial charge in [0.05, 0.1) is 23.2 Å². The van der Waals surface area contributed by atoms with Gasteiger partial charge in [0.2, 0.25) is 5.91 Å². The molecular formula is C19H15F3N2OS. The first-order valence-corrected chi connectivity index (χ1v) is 9.08. The number of fused-ring (bicyclic) bond motifs is 1. The second-order valence-corrected chi connectivity index (χ2v) is 7.38. The first-order chi connectivity index (χ1) is 12.5. The van der Waals surface area contributed by atoms with Gasteiger partial charge in [-0.25, -0.2) is 18.2 Å². The van der Waals surface area contributed by atoms with Crippen molar-refractivity contribution in [2.24, 2.45) is 0 Å². The number of likely N-dealkylation sites (tertiary alicyclic amines) is 1. The monoisotopic (exact) mass is 376 g/mol. The minimum absolute atomic E-state index is 0.0967. The summed E-state index contributed by atoms with van der Waals surface area (Å²) in [6.45, 7) is 0.622. The van der Waals surface area contributed by atoms with Crippen LogP contribution in [-0.4, -0.2) is 35.1 Å². The Hall–Kier alpha value is -2.41. The van der Waals surface area contributed by atoms with Crippen molar-refractivity contribution < 1.29 is 18.0 Å². The summed E-state index contributed by atoms with van der Waals surface area (Å²) in [5.41, 5.74) is 2.01. The average molecular weight is 376 g/mol. The fourth-order valence-electron chi connectivity index (χ4n) is 3.07. The molecular weight excluding hydrogens is 361 g/mol. The van der Waals surface area contributed by atoms with Crippen LogP contribution < -0.4 is 0 Å². The standard InChI is InChI=1S/C19H15F3N2OS/c20-13-5-6-24(10-13)18(25)8-11-1-4-17-16(7-11)23-19(26-17)12-2-3-14(21)15(22)9-12/h1-4,7,9,13H,5-6,8,10H2/t13-/m0/s1. The number of hydrogen-bond donors (Lipinski definition) is 0. The Balaban J connectivity index is 1.57. The summed E-state index contributed by atoms with van der Waals surface area (Å²) in [5.74, 6) is -1.90. The van der Waals surface area contributed by atoms with Crippen molar-refractivity contribution in [2.45, 2.75) is 19.0 Å². The minimum Gasteiger partial charge on any atom is -0.339 e. The van der Waals surface area contributed by atoms with Crippen molar-refractivity contribution >= 4 is 27.5 Å². The molecule has 0 unspecified atom stereocenters. The summed E-state index contributed by atoms with van der Waals surface area (Å²) >= 11 is 1.37. The van der Waals surface area contributed by atoms with Crippen LogP contribution in [0.2, 0.25) is 0 Å². The molecule has 7 heteroatoms. The third-order valence-corrected chi connectivity index (χ3v) is 5.54. The van der Waals surface area contributed by atoms with E-state index in [9.17, 15) is 18.0 Å². The van der Waals surface area contributed by atoms with E-state index in [-0.39, 0.29) is 18.9 Å². The normalized spacial score (nSPS) is 17.2. The van der Waals surface area contributed by atoms with Crippen LogP contribution in [0.1, 0.15) is 12.0 Å². The Morgan fingerprint density at radius 1 is 1.19 bits per heavy atom. The summed E-state index contributed by atoms with van der Waals surface area (Å²) in [7, 11) is 0. The van der Waals surface area contributed by atoms with E-state index in [4.69, 9.17) is 0 Å². The molecule has 1 fully saturated rings. The van der Waals surface area contributed by atoms with Gasteiger partial charge in [-0.2, -0.15) is 0 Å². The second-order valence-electron chi connectivity index (χ2n) is 6.35. The molecule has 1 aromatic heterocycles. The summed E-state index contributed by atoms with van der Waals surface area (Å²) in [6.07, 6.45) is -0.339. The zero-order chi connectivity index (χ0) is 18.3. The van der Waals surface area contributed by atoms with Crippen LogP contribution >= 0.6 is 11.3 Å². The number of hydrogen-bond acceptors (Lipinski definition) is 3. The maximum absolute atomic E-state index is 13.4. The number of nitrogens with zero attached hydrogens (tertiary/aromatic N) is 2. The van der Waals surface area contributed by atoms with Crippen molar-refractivity contribution in [2.75, 3.05) is 13.1 Å². The van der Waals surface area contributed by atoms with E-state index in [0.29, 0.717) is 29.1 Å². The van der Waals surface area contributed by atoms with Gasteiger partial charge in [-0.1, -0.05) is 6.07 Å². The van der Waals surface area contributed by atoms with Crippen molar-refractivity contribution in [3.63, 3.8) is 0 Å². The molecule has 4 rings (SSSR count). The molecule has 3 nitrogen and oxygen atoms in total. The summed E-state index contributed by atoms with van der Waals surface area (Å²) in [4.78, 5) is 18.3. The quantitative estimate of drug-likeness (QED) is 0.681. The van der Waals surface area contributed by atoms with Crippen LogP contribution in [0.15, 0.2) is 36.4 Å².